The molecule has 0 fully saturated rings. The van der Waals surface area contributed by atoms with Gasteiger partial charge in [-0.15, -0.1) is 0 Å². The third kappa shape index (κ3) is 2.93. The molecule has 3 nitrogen and oxygen atoms in total. The summed E-state index contributed by atoms with van der Waals surface area (Å²) in [7, 11) is 0. The molecule has 0 saturated carbocycles. The van der Waals surface area contributed by atoms with Crippen molar-refractivity contribution < 1.29 is 28.9 Å². The first kappa shape index (κ1) is 8.59. The summed E-state index contributed by atoms with van der Waals surface area (Å²) < 4.78 is 23.4. The van der Waals surface area contributed by atoms with Crippen LogP contribution in [0.2, 0.25) is 0 Å². The molecule has 0 aliphatic rings. The molecule has 0 aliphatic carbocycles. The monoisotopic (exact) mass is 188 g/mol. The zero-order valence-electron chi connectivity index (χ0n) is 6.07. The molecule has 1 aromatic carbocycles. The minimum atomic E-state index is -3.40. The summed E-state index contributed by atoms with van der Waals surface area (Å²) in [6.45, 7) is 1.94. The van der Waals surface area contributed by atoms with E-state index in [-0.39, 0.29) is 0 Å². The molecule has 0 bridgehead atoms. The third-order valence-electron chi connectivity index (χ3n) is 1.23. The Morgan fingerprint density at radius 3 is 2.36 bits per heavy atom. The fourth-order valence-electron chi connectivity index (χ4n) is 0.707. The van der Waals surface area contributed by atoms with Crippen LogP contribution in [-0.4, -0.2) is 3.69 Å². The van der Waals surface area contributed by atoms with Crippen LogP contribution in [0.5, 0.6) is 5.75 Å². The van der Waals surface area contributed by atoms with Gasteiger partial charge in [0.25, 0.3) is 0 Å². The van der Waals surface area contributed by atoms with Gasteiger partial charge in [0.15, 0.2) is 0 Å². The van der Waals surface area contributed by atoms with Crippen molar-refractivity contribution in [2.24, 2.45) is 0 Å². The molecular formula is C7H8O3Ti. The maximum atomic E-state index is 10.3. The molecule has 0 atom stereocenters. The molecule has 0 unspecified atom stereocenters. The van der Waals surface area contributed by atoms with Crippen LogP contribution in [0.3, 0.4) is 0 Å². The summed E-state index contributed by atoms with van der Waals surface area (Å²) in [6.07, 6.45) is 0. The van der Waals surface area contributed by atoms with E-state index in [2.05, 4.69) is 3.32 Å². The van der Waals surface area contributed by atoms with Gasteiger partial charge in [-0.05, 0) is 0 Å². The van der Waals surface area contributed by atoms with Gasteiger partial charge in [0.2, 0.25) is 0 Å². The SMILES string of the molecule is Cc1ccc([O][Ti](=[O])[OH])cc1. The van der Waals surface area contributed by atoms with E-state index in [4.69, 9.17) is 3.69 Å². The van der Waals surface area contributed by atoms with Gasteiger partial charge in [-0.1, -0.05) is 0 Å². The maximum absolute atomic E-state index is 10.3. The molecule has 0 aliphatic heterocycles. The summed E-state index contributed by atoms with van der Waals surface area (Å²) in [5.41, 5.74) is 1.10. The summed E-state index contributed by atoms with van der Waals surface area (Å²) in [4.78, 5) is 0. The molecule has 0 amide bonds. The van der Waals surface area contributed by atoms with Crippen molar-refractivity contribution >= 4 is 0 Å². The molecule has 58 valence electrons. The topological polar surface area (TPSA) is 46.5 Å². The van der Waals surface area contributed by atoms with Crippen molar-refractivity contribution in [1.29, 1.82) is 0 Å². The van der Waals surface area contributed by atoms with Crippen LogP contribution in [0.15, 0.2) is 24.3 Å². The second-order valence-corrected chi connectivity index (χ2v) is 3.33. The molecule has 1 aromatic rings. The minimum absolute atomic E-state index is 0.461. The van der Waals surface area contributed by atoms with Crippen molar-refractivity contribution in [3.63, 3.8) is 0 Å². The van der Waals surface area contributed by atoms with E-state index < -0.39 is 18.6 Å². The Hall–Kier alpha value is -0.506. The molecule has 11 heavy (non-hydrogen) atoms. The first-order valence-electron chi connectivity index (χ1n) is 3.16. The van der Waals surface area contributed by atoms with E-state index in [0.29, 0.717) is 5.75 Å². The van der Waals surface area contributed by atoms with E-state index >= 15 is 0 Å². The molecule has 0 aromatic heterocycles. The second kappa shape index (κ2) is 3.76. The van der Waals surface area contributed by atoms with Gasteiger partial charge in [-0.3, -0.25) is 0 Å². The standard InChI is InChI=1S/C7H8O.H2O.O.Ti/c1-6-2-4-7(8)5-3-6;;;/h2-5,8H,1H3;1H2;;/q;;;+2/p-2. The molecule has 0 saturated heterocycles. The van der Waals surface area contributed by atoms with Crippen molar-refractivity contribution in [3.8, 4) is 5.75 Å². The zero-order valence-corrected chi connectivity index (χ0v) is 7.63. The Labute approximate surface area is 71.7 Å². The summed E-state index contributed by atoms with van der Waals surface area (Å²) in [5, 5.41) is 0. The summed E-state index contributed by atoms with van der Waals surface area (Å²) >= 11 is -3.40. The van der Waals surface area contributed by atoms with Crippen LogP contribution in [0.1, 0.15) is 5.56 Å². The Bertz CT molecular complexity index is 255. The van der Waals surface area contributed by atoms with Gasteiger partial charge in [0.05, 0.1) is 0 Å². The summed E-state index contributed by atoms with van der Waals surface area (Å²) in [6, 6.07) is 7.01. The van der Waals surface area contributed by atoms with Gasteiger partial charge in [-0.2, -0.15) is 0 Å². The first-order valence-corrected chi connectivity index (χ1v) is 5.13. The van der Waals surface area contributed by atoms with Gasteiger partial charge in [-0.25, -0.2) is 0 Å². The van der Waals surface area contributed by atoms with E-state index in [0.717, 1.165) is 5.56 Å². The van der Waals surface area contributed by atoms with Gasteiger partial charge in [0.1, 0.15) is 0 Å². The second-order valence-electron chi connectivity index (χ2n) is 2.18. The molecule has 0 radical (unpaired) electrons. The van der Waals surface area contributed by atoms with Crippen molar-refractivity contribution in [2.45, 2.75) is 6.92 Å². The van der Waals surface area contributed by atoms with Gasteiger partial charge < -0.3 is 0 Å². The average molecular weight is 188 g/mol. The number of hydrogen-bond acceptors (Lipinski definition) is 2. The van der Waals surface area contributed by atoms with Crippen LogP contribution in [0.4, 0.5) is 0 Å². The van der Waals surface area contributed by atoms with Crippen molar-refractivity contribution in [3.05, 3.63) is 29.8 Å². The van der Waals surface area contributed by atoms with Gasteiger partial charge in [0, 0.05) is 0 Å². The average Bonchev–Trinajstić information content (AvgIpc) is 1.93. The molecular weight excluding hydrogens is 180 g/mol. The number of aryl methyl sites for hydroxylation is 1. The van der Waals surface area contributed by atoms with Gasteiger partial charge >= 0.3 is 71.4 Å². The molecule has 0 spiro atoms. The van der Waals surface area contributed by atoms with Crippen molar-refractivity contribution in [2.75, 3.05) is 0 Å². The number of benzene rings is 1. The Kier molecular flexibility index (Phi) is 2.94. The van der Waals surface area contributed by atoms with Crippen LogP contribution >= 0.6 is 0 Å². The normalized spacial score (nSPS) is 9.27. The molecule has 1 N–H and O–H groups in total. The summed E-state index contributed by atoms with van der Waals surface area (Å²) in [5.74, 6) is 0.461. The van der Waals surface area contributed by atoms with E-state index in [1.54, 1.807) is 12.1 Å². The van der Waals surface area contributed by atoms with E-state index in [9.17, 15) is 3.32 Å². The Morgan fingerprint density at radius 2 is 1.91 bits per heavy atom. The van der Waals surface area contributed by atoms with Crippen LogP contribution < -0.4 is 3.32 Å². The number of rotatable bonds is 2. The van der Waals surface area contributed by atoms with Crippen LogP contribution in [0, 0.1) is 6.92 Å². The predicted molar refractivity (Wildman–Crippen MR) is 34.7 cm³/mol. The fraction of sp³-hybridized carbons (Fsp3) is 0.143. The first-order chi connectivity index (χ1) is 5.18. The predicted octanol–water partition coefficient (Wildman–Crippen LogP) is 1.16. The van der Waals surface area contributed by atoms with E-state index in [1.165, 1.54) is 0 Å². The Balaban J connectivity index is 2.74. The molecule has 0 heterocycles. The fourth-order valence-corrected chi connectivity index (χ4v) is 1.23. The van der Waals surface area contributed by atoms with Crippen LogP contribution in [-0.2, 0) is 21.9 Å². The van der Waals surface area contributed by atoms with E-state index in [1.807, 2.05) is 19.1 Å². The third-order valence-corrected chi connectivity index (χ3v) is 1.87. The van der Waals surface area contributed by atoms with Crippen LogP contribution in [0.25, 0.3) is 0 Å². The molecule has 1 rings (SSSR count). The van der Waals surface area contributed by atoms with Crippen molar-refractivity contribution in [1.82, 2.24) is 0 Å². The number of hydrogen-bond donors (Lipinski definition) is 1. The Morgan fingerprint density at radius 1 is 1.36 bits per heavy atom. The zero-order chi connectivity index (χ0) is 8.27. The quantitative estimate of drug-likeness (QED) is 0.708. The molecule has 4 heteroatoms.